The minimum Gasteiger partial charge on any atom is -0.478 e. The van der Waals surface area contributed by atoms with E-state index >= 15 is 0 Å². The van der Waals surface area contributed by atoms with Gasteiger partial charge in [0.2, 0.25) is 0 Å². The van der Waals surface area contributed by atoms with Gasteiger partial charge in [-0.25, -0.2) is 4.79 Å². The molecule has 1 N–H and O–H groups in total. The fourth-order valence-electron chi connectivity index (χ4n) is 0.657. The third-order valence-corrected chi connectivity index (χ3v) is 1.42. The normalized spacial score (nSPS) is 13.4. The molecule has 0 rings (SSSR count). The molecule has 0 saturated carbocycles. The molecule has 0 amide bonds. The van der Waals surface area contributed by atoms with Gasteiger partial charge < -0.3 is 5.11 Å². The van der Waals surface area contributed by atoms with Crippen molar-refractivity contribution in [1.82, 2.24) is 0 Å². The van der Waals surface area contributed by atoms with Crippen LogP contribution in [0.2, 0.25) is 0 Å². The smallest absolute Gasteiger partial charge is 0.331 e. The summed E-state index contributed by atoms with van der Waals surface area (Å²) in [5.74, 6) is -0.894. The van der Waals surface area contributed by atoms with Crippen LogP contribution in [0.3, 0.4) is 0 Å². The SMILES string of the molecule is C=C/C=C(C)/C=C/C=C(\C)C(=O)O. The first-order valence-electron chi connectivity index (χ1n) is 3.95. The first-order chi connectivity index (χ1) is 6.07. The molecule has 0 aliphatic carbocycles. The molecule has 0 aromatic carbocycles. The van der Waals surface area contributed by atoms with E-state index in [1.54, 1.807) is 25.2 Å². The topological polar surface area (TPSA) is 37.3 Å². The summed E-state index contributed by atoms with van der Waals surface area (Å²) in [6, 6.07) is 0. The summed E-state index contributed by atoms with van der Waals surface area (Å²) >= 11 is 0. The van der Waals surface area contributed by atoms with Crippen LogP contribution in [0.4, 0.5) is 0 Å². The van der Waals surface area contributed by atoms with Gasteiger partial charge in [0.1, 0.15) is 0 Å². The fraction of sp³-hybridized carbons (Fsp3) is 0.182. The van der Waals surface area contributed by atoms with Crippen molar-refractivity contribution in [2.75, 3.05) is 0 Å². The lowest BCUT2D eigenvalue weighted by molar-refractivity contribution is -0.132. The lowest BCUT2D eigenvalue weighted by Gasteiger charge is -1.89. The highest BCUT2D eigenvalue weighted by atomic mass is 16.4. The first-order valence-corrected chi connectivity index (χ1v) is 3.95. The van der Waals surface area contributed by atoms with Gasteiger partial charge in [0.15, 0.2) is 0 Å². The largest absolute Gasteiger partial charge is 0.478 e. The van der Waals surface area contributed by atoms with Crippen LogP contribution in [0, 0.1) is 0 Å². The second-order valence-corrected chi connectivity index (χ2v) is 2.66. The third kappa shape index (κ3) is 5.67. The maximum absolute atomic E-state index is 10.4. The summed E-state index contributed by atoms with van der Waals surface area (Å²) in [6.45, 7) is 7.03. The Morgan fingerprint density at radius 2 is 1.92 bits per heavy atom. The Bertz CT molecular complexity index is 280. The van der Waals surface area contributed by atoms with Gasteiger partial charge in [-0.1, -0.05) is 42.5 Å². The van der Waals surface area contributed by atoms with Gasteiger partial charge in [0, 0.05) is 5.57 Å². The Morgan fingerprint density at radius 1 is 1.31 bits per heavy atom. The minimum absolute atomic E-state index is 0.322. The van der Waals surface area contributed by atoms with Crippen LogP contribution in [0.25, 0.3) is 0 Å². The van der Waals surface area contributed by atoms with Crippen molar-refractivity contribution in [2.24, 2.45) is 0 Å². The first kappa shape index (κ1) is 11.4. The number of carboxylic acid groups (broad SMARTS) is 1. The van der Waals surface area contributed by atoms with Gasteiger partial charge in [-0.15, -0.1) is 0 Å². The van der Waals surface area contributed by atoms with E-state index in [1.807, 2.05) is 19.1 Å². The Balaban J connectivity index is 4.30. The molecule has 0 saturated heterocycles. The third-order valence-electron chi connectivity index (χ3n) is 1.42. The van der Waals surface area contributed by atoms with Crippen LogP contribution in [0.5, 0.6) is 0 Å². The fourth-order valence-corrected chi connectivity index (χ4v) is 0.657. The highest BCUT2D eigenvalue weighted by Crippen LogP contribution is 1.97. The summed E-state index contributed by atoms with van der Waals surface area (Å²) in [7, 11) is 0. The van der Waals surface area contributed by atoms with Gasteiger partial charge in [0.05, 0.1) is 0 Å². The highest BCUT2D eigenvalue weighted by molar-refractivity contribution is 5.86. The van der Waals surface area contributed by atoms with Gasteiger partial charge in [-0.3, -0.25) is 0 Å². The number of carboxylic acids is 1. The van der Waals surface area contributed by atoms with Crippen molar-refractivity contribution in [3.63, 3.8) is 0 Å². The number of hydrogen-bond acceptors (Lipinski definition) is 1. The maximum atomic E-state index is 10.4. The molecule has 0 aliphatic rings. The molecular formula is C11H14O2. The molecule has 0 unspecified atom stereocenters. The van der Waals surface area contributed by atoms with Crippen molar-refractivity contribution >= 4 is 5.97 Å². The Kier molecular flexibility index (Phi) is 5.28. The average molecular weight is 178 g/mol. The maximum Gasteiger partial charge on any atom is 0.331 e. The molecule has 0 atom stereocenters. The summed E-state index contributed by atoms with van der Waals surface area (Å²) in [6.07, 6.45) is 8.63. The molecule has 0 aliphatic heterocycles. The predicted octanol–water partition coefficient (Wildman–Crippen LogP) is 2.71. The highest BCUT2D eigenvalue weighted by Gasteiger charge is 1.95. The van der Waals surface area contributed by atoms with E-state index in [1.165, 1.54) is 0 Å². The van der Waals surface area contributed by atoms with Crippen molar-refractivity contribution in [3.05, 3.63) is 48.1 Å². The molecule has 0 aromatic heterocycles. The van der Waals surface area contributed by atoms with E-state index in [9.17, 15) is 4.79 Å². The molecule has 2 nitrogen and oxygen atoms in total. The Labute approximate surface area is 78.6 Å². The van der Waals surface area contributed by atoms with E-state index in [0.717, 1.165) is 5.57 Å². The lowest BCUT2D eigenvalue weighted by Crippen LogP contribution is -1.94. The molecule has 0 spiro atoms. The average Bonchev–Trinajstić information content (AvgIpc) is 2.04. The number of aliphatic carboxylic acids is 1. The number of rotatable bonds is 4. The molecule has 0 heterocycles. The zero-order valence-corrected chi connectivity index (χ0v) is 7.95. The standard InChI is InChI=1S/C11H14O2/c1-4-6-9(2)7-5-8-10(3)11(12)13/h4-8H,1H2,2-3H3,(H,12,13)/b7-5+,9-6+,10-8+. The summed E-state index contributed by atoms with van der Waals surface area (Å²) in [4.78, 5) is 10.4. The van der Waals surface area contributed by atoms with Crippen molar-refractivity contribution in [2.45, 2.75) is 13.8 Å². The molecule has 0 aromatic rings. The molecule has 2 heteroatoms. The van der Waals surface area contributed by atoms with E-state index in [0.29, 0.717) is 5.57 Å². The van der Waals surface area contributed by atoms with E-state index in [4.69, 9.17) is 5.11 Å². The summed E-state index contributed by atoms with van der Waals surface area (Å²) in [5.41, 5.74) is 1.35. The van der Waals surface area contributed by atoms with Crippen molar-refractivity contribution in [1.29, 1.82) is 0 Å². The quantitative estimate of drug-likeness (QED) is 0.531. The molecule has 13 heavy (non-hydrogen) atoms. The van der Waals surface area contributed by atoms with Gasteiger partial charge in [-0.2, -0.15) is 0 Å². The van der Waals surface area contributed by atoms with Crippen LogP contribution in [0.1, 0.15) is 13.8 Å². The monoisotopic (exact) mass is 178 g/mol. The Hall–Kier alpha value is -1.57. The van der Waals surface area contributed by atoms with Crippen LogP contribution >= 0.6 is 0 Å². The van der Waals surface area contributed by atoms with Crippen LogP contribution in [0.15, 0.2) is 48.1 Å². The summed E-state index contributed by atoms with van der Waals surface area (Å²) in [5, 5.41) is 8.52. The number of carbonyl (C=O) groups is 1. The molecule has 0 fully saturated rings. The number of hydrogen-bond donors (Lipinski definition) is 1. The zero-order valence-electron chi connectivity index (χ0n) is 7.95. The van der Waals surface area contributed by atoms with E-state index in [2.05, 4.69) is 6.58 Å². The summed E-state index contributed by atoms with van der Waals surface area (Å²) < 4.78 is 0. The van der Waals surface area contributed by atoms with Crippen molar-refractivity contribution < 1.29 is 9.90 Å². The molecule has 70 valence electrons. The lowest BCUT2D eigenvalue weighted by atomic mass is 10.2. The van der Waals surface area contributed by atoms with Crippen LogP contribution in [-0.2, 0) is 4.79 Å². The Morgan fingerprint density at radius 3 is 2.38 bits per heavy atom. The molecular weight excluding hydrogens is 164 g/mol. The van der Waals surface area contributed by atoms with Crippen LogP contribution in [-0.4, -0.2) is 11.1 Å². The van der Waals surface area contributed by atoms with Gasteiger partial charge in [-0.05, 0) is 13.8 Å². The molecule has 0 bridgehead atoms. The van der Waals surface area contributed by atoms with E-state index < -0.39 is 5.97 Å². The van der Waals surface area contributed by atoms with E-state index in [-0.39, 0.29) is 0 Å². The minimum atomic E-state index is -0.894. The van der Waals surface area contributed by atoms with Crippen LogP contribution < -0.4 is 0 Å². The molecule has 0 radical (unpaired) electrons. The van der Waals surface area contributed by atoms with Gasteiger partial charge >= 0.3 is 5.97 Å². The second kappa shape index (κ2) is 6.00. The second-order valence-electron chi connectivity index (χ2n) is 2.66. The van der Waals surface area contributed by atoms with Crippen molar-refractivity contribution in [3.8, 4) is 0 Å². The predicted molar refractivity (Wildman–Crippen MR) is 54.5 cm³/mol. The van der Waals surface area contributed by atoms with Gasteiger partial charge in [0.25, 0.3) is 0 Å². The number of allylic oxidation sites excluding steroid dienone is 6. The zero-order chi connectivity index (χ0) is 10.3.